The molecule has 0 radical (unpaired) electrons. The summed E-state index contributed by atoms with van der Waals surface area (Å²) in [6.07, 6.45) is 1.80. The third-order valence-electron chi connectivity index (χ3n) is 6.21. The number of carbonyl (C=O) groups excluding carboxylic acids is 2. The van der Waals surface area contributed by atoms with Gasteiger partial charge in [-0.05, 0) is 48.2 Å². The summed E-state index contributed by atoms with van der Waals surface area (Å²) >= 11 is 6.07. The Kier molecular flexibility index (Phi) is 7.40. The second-order valence-electron chi connectivity index (χ2n) is 8.50. The van der Waals surface area contributed by atoms with Gasteiger partial charge in [0.25, 0.3) is 0 Å². The fraction of sp³-hybridized carbons (Fsp3) is 0.417. The number of nitrogens with zero attached hydrogens (tertiary/aromatic N) is 1. The monoisotopic (exact) mass is 458 g/mol. The molecule has 0 bridgehead atoms. The molecule has 2 saturated heterocycles. The molecule has 2 aliphatic heterocycles. The predicted octanol–water partition coefficient (Wildman–Crippen LogP) is 2.61. The first-order valence-corrected chi connectivity index (χ1v) is 11.4. The Hall–Kier alpha value is -2.48. The molecule has 3 unspecified atom stereocenters. The first kappa shape index (κ1) is 22.7. The number of rotatable bonds is 8. The van der Waals surface area contributed by atoms with Crippen molar-refractivity contribution in [3.8, 4) is 0 Å². The SMILES string of the molecule is O=C(CCC1CNC(=O)C2CC(NCc3cccc(Cl)c3)CN12)NCc1ccc(F)cc1. The summed E-state index contributed by atoms with van der Waals surface area (Å²) < 4.78 is 13.0. The molecule has 3 N–H and O–H groups in total. The van der Waals surface area contributed by atoms with Crippen molar-refractivity contribution in [2.45, 2.75) is 50.5 Å². The molecule has 2 amide bonds. The van der Waals surface area contributed by atoms with Gasteiger partial charge in [-0.3, -0.25) is 14.5 Å². The quantitative estimate of drug-likeness (QED) is 0.568. The van der Waals surface area contributed by atoms with Crippen LogP contribution in [0.2, 0.25) is 5.02 Å². The van der Waals surface area contributed by atoms with Crippen molar-refractivity contribution < 1.29 is 14.0 Å². The molecule has 0 aromatic heterocycles. The van der Waals surface area contributed by atoms with Crippen LogP contribution in [0.25, 0.3) is 0 Å². The maximum atomic E-state index is 13.0. The molecule has 2 fully saturated rings. The van der Waals surface area contributed by atoms with E-state index in [4.69, 9.17) is 11.6 Å². The number of hydrogen-bond donors (Lipinski definition) is 3. The van der Waals surface area contributed by atoms with Crippen LogP contribution in [-0.2, 0) is 22.7 Å². The zero-order valence-corrected chi connectivity index (χ0v) is 18.6. The van der Waals surface area contributed by atoms with Crippen molar-refractivity contribution in [3.05, 3.63) is 70.5 Å². The maximum Gasteiger partial charge on any atom is 0.237 e. The van der Waals surface area contributed by atoms with Crippen LogP contribution < -0.4 is 16.0 Å². The highest BCUT2D eigenvalue weighted by Crippen LogP contribution is 2.26. The summed E-state index contributed by atoms with van der Waals surface area (Å²) in [7, 11) is 0. The van der Waals surface area contributed by atoms with E-state index >= 15 is 0 Å². The molecule has 170 valence electrons. The van der Waals surface area contributed by atoms with Gasteiger partial charge < -0.3 is 16.0 Å². The molecule has 2 heterocycles. The average Bonchev–Trinajstić information content (AvgIpc) is 3.22. The van der Waals surface area contributed by atoms with Crippen LogP contribution >= 0.6 is 11.6 Å². The smallest absolute Gasteiger partial charge is 0.237 e. The highest BCUT2D eigenvalue weighted by Gasteiger charge is 2.43. The van der Waals surface area contributed by atoms with Crippen molar-refractivity contribution in [1.82, 2.24) is 20.9 Å². The Labute approximate surface area is 192 Å². The lowest BCUT2D eigenvalue weighted by atomic mass is 10.0. The fourth-order valence-electron chi connectivity index (χ4n) is 4.49. The minimum absolute atomic E-state index is 0.0439. The third kappa shape index (κ3) is 5.85. The molecule has 0 aliphatic carbocycles. The van der Waals surface area contributed by atoms with Gasteiger partial charge in [-0.25, -0.2) is 4.39 Å². The first-order valence-electron chi connectivity index (χ1n) is 11.0. The van der Waals surface area contributed by atoms with Gasteiger partial charge in [0.1, 0.15) is 5.82 Å². The minimum atomic E-state index is -0.292. The molecule has 2 aromatic rings. The van der Waals surface area contributed by atoms with E-state index in [2.05, 4.69) is 20.9 Å². The lowest BCUT2D eigenvalue weighted by Gasteiger charge is -2.37. The summed E-state index contributed by atoms with van der Waals surface area (Å²) in [5, 5.41) is 10.1. The van der Waals surface area contributed by atoms with Gasteiger partial charge in [0.15, 0.2) is 0 Å². The first-order chi connectivity index (χ1) is 15.5. The molecule has 0 spiro atoms. The van der Waals surface area contributed by atoms with Gasteiger partial charge in [0.2, 0.25) is 11.8 Å². The van der Waals surface area contributed by atoms with E-state index in [1.54, 1.807) is 12.1 Å². The van der Waals surface area contributed by atoms with Crippen LogP contribution in [0.4, 0.5) is 4.39 Å². The van der Waals surface area contributed by atoms with Crippen LogP contribution in [0.15, 0.2) is 48.5 Å². The van der Waals surface area contributed by atoms with E-state index in [1.165, 1.54) is 12.1 Å². The number of nitrogens with one attached hydrogen (secondary N) is 3. The van der Waals surface area contributed by atoms with Gasteiger partial charge in [0.05, 0.1) is 6.04 Å². The number of amides is 2. The summed E-state index contributed by atoms with van der Waals surface area (Å²) in [6, 6.07) is 14.0. The standard InChI is InChI=1S/C24H28ClFN4O2/c25-18-3-1-2-17(10-18)13-27-20-11-22-24(32)29-14-21(30(22)15-20)8-9-23(31)28-12-16-4-6-19(26)7-5-16/h1-7,10,20-22,27H,8-9,11-15H2,(H,28,31)(H,29,32). The van der Waals surface area contributed by atoms with Gasteiger partial charge in [-0.15, -0.1) is 0 Å². The number of benzene rings is 2. The van der Waals surface area contributed by atoms with Gasteiger partial charge in [-0.2, -0.15) is 0 Å². The highest BCUT2D eigenvalue weighted by atomic mass is 35.5. The molecule has 4 rings (SSSR count). The molecule has 0 saturated carbocycles. The fourth-order valence-corrected chi connectivity index (χ4v) is 4.70. The van der Waals surface area contributed by atoms with Crippen molar-refractivity contribution in [3.63, 3.8) is 0 Å². The Morgan fingerprint density at radius 2 is 1.97 bits per heavy atom. The second-order valence-corrected chi connectivity index (χ2v) is 8.93. The lowest BCUT2D eigenvalue weighted by molar-refractivity contribution is -0.129. The number of halogens is 2. The van der Waals surface area contributed by atoms with E-state index in [0.717, 1.165) is 24.1 Å². The number of piperazine rings is 1. The number of fused-ring (bicyclic) bond motifs is 1. The van der Waals surface area contributed by atoms with E-state index in [-0.39, 0.29) is 35.8 Å². The Bertz CT molecular complexity index is 955. The third-order valence-corrected chi connectivity index (χ3v) is 6.45. The molecule has 6 nitrogen and oxygen atoms in total. The van der Waals surface area contributed by atoms with Crippen molar-refractivity contribution >= 4 is 23.4 Å². The van der Waals surface area contributed by atoms with Gasteiger partial charge >= 0.3 is 0 Å². The molecule has 2 aliphatic rings. The minimum Gasteiger partial charge on any atom is -0.353 e. The summed E-state index contributed by atoms with van der Waals surface area (Å²) in [5.74, 6) is -0.272. The molecule has 8 heteroatoms. The average molecular weight is 459 g/mol. The van der Waals surface area contributed by atoms with E-state index < -0.39 is 0 Å². The normalized spacial score (nSPS) is 22.9. The van der Waals surface area contributed by atoms with E-state index in [9.17, 15) is 14.0 Å². The topological polar surface area (TPSA) is 73.5 Å². The van der Waals surface area contributed by atoms with Crippen LogP contribution in [-0.4, -0.2) is 47.9 Å². The van der Waals surface area contributed by atoms with Gasteiger partial charge in [-0.1, -0.05) is 35.9 Å². The van der Waals surface area contributed by atoms with E-state index in [1.807, 2.05) is 24.3 Å². The summed E-state index contributed by atoms with van der Waals surface area (Å²) in [5.41, 5.74) is 1.97. The molecular weight excluding hydrogens is 431 g/mol. The van der Waals surface area contributed by atoms with Crippen LogP contribution in [0, 0.1) is 5.82 Å². The van der Waals surface area contributed by atoms with Crippen molar-refractivity contribution in [2.24, 2.45) is 0 Å². The van der Waals surface area contributed by atoms with Crippen LogP contribution in [0.3, 0.4) is 0 Å². The Morgan fingerprint density at radius 1 is 1.16 bits per heavy atom. The summed E-state index contributed by atoms with van der Waals surface area (Å²) in [6.45, 7) is 2.41. The zero-order chi connectivity index (χ0) is 22.5. The molecular formula is C24H28ClFN4O2. The Balaban J connectivity index is 1.25. The van der Waals surface area contributed by atoms with Crippen molar-refractivity contribution in [2.75, 3.05) is 13.1 Å². The van der Waals surface area contributed by atoms with Crippen molar-refractivity contribution in [1.29, 1.82) is 0 Å². The Morgan fingerprint density at radius 3 is 2.75 bits per heavy atom. The maximum absolute atomic E-state index is 13.0. The molecule has 2 aromatic carbocycles. The lowest BCUT2D eigenvalue weighted by Crippen LogP contribution is -2.58. The molecule has 32 heavy (non-hydrogen) atoms. The highest BCUT2D eigenvalue weighted by molar-refractivity contribution is 6.30. The second kappa shape index (κ2) is 10.4. The van der Waals surface area contributed by atoms with E-state index in [0.29, 0.717) is 37.5 Å². The van der Waals surface area contributed by atoms with Crippen LogP contribution in [0.1, 0.15) is 30.4 Å². The predicted molar refractivity (Wildman–Crippen MR) is 121 cm³/mol. The largest absolute Gasteiger partial charge is 0.353 e. The number of carbonyl (C=O) groups is 2. The molecule has 3 atom stereocenters. The van der Waals surface area contributed by atoms with Gasteiger partial charge in [0, 0.05) is 49.7 Å². The number of hydrogen-bond acceptors (Lipinski definition) is 4. The van der Waals surface area contributed by atoms with Crippen LogP contribution in [0.5, 0.6) is 0 Å². The zero-order valence-electron chi connectivity index (χ0n) is 17.8. The summed E-state index contributed by atoms with van der Waals surface area (Å²) in [4.78, 5) is 27.0.